The molecule has 0 N–H and O–H groups in total. The number of aldehydes is 1. The molecule has 0 unspecified atom stereocenters. The van der Waals surface area contributed by atoms with Crippen LogP contribution < -0.4 is 4.90 Å². The molecule has 4 rings (SSSR count). The summed E-state index contributed by atoms with van der Waals surface area (Å²) in [6, 6.07) is 11.2. The highest BCUT2D eigenvalue weighted by Gasteiger charge is 2.33. The number of carbonyl (C=O) groups is 2. The van der Waals surface area contributed by atoms with Crippen LogP contribution in [0.15, 0.2) is 55.1 Å². The largest absolute Gasteiger partial charge is 0.442 e. The number of hydrogen-bond donors (Lipinski definition) is 0. The lowest BCUT2D eigenvalue weighted by molar-refractivity contribution is 0.112. The molecule has 0 saturated carbocycles. The summed E-state index contributed by atoms with van der Waals surface area (Å²) in [5, 5.41) is 3.99. The first kappa shape index (κ1) is 16.9. The normalized spacial score (nSPS) is 16.4. The van der Waals surface area contributed by atoms with E-state index in [9.17, 15) is 14.0 Å². The Hall–Kier alpha value is -3.55. The second-order valence-electron chi connectivity index (χ2n) is 6.14. The monoisotopic (exact) mass is 366 g/mol. The Morgan fingerprint density at radius 1 is 1.22 bits per heavy atom. The summed E-state index contributed by atoms with van der Waals surface area (Å²) in [4.78, 5) is 28.1. The van der Waals surface area contributed by atoms with E-state index < -0.39 is 18.0 Å². The number of anilines is 1. The Bertz CT molecular complexity index is 973. The predicted molar refractivity (Wildman–Crippen MR) is 94.9 cm³/mol. The quantitative estimate of drug-likeness (QED) is 0.649. The van der Waals surface area contributed by atoms with Gasteiger partial charge < -0.3 is 4.74 Å². The summed E-state index contributed by atoms with van der Waals surface area (Å²) < 4.78 is 21.5. The van der Waals surface area contributed by atoms with E-state index in [1.54, 1.807) is 47.4 Å². The van der Waals surface area contributed by atoms with Crippen LogP contribution in [-0.4, -0.2) is 39.8 Å². The Morgan fingerprint density at radius 3 is 2.70 bits per heavy atom. The molecule has 1 atom stereocenters. The van der Waals surface area contributed by atoms with Crippen molar-refractivity contribution in [1.29, 1.82) is 0 Å². The fourth-order valence-corrected chi connectivity index (χ4v) is 3.01. The van der Waals surface area contributed by atoms with Crippen molar-refractivity contribution in [3.63, 3.8) is 0 Å². The van der Waals surface area contributed by atoms with Gasteiger partial charge in [-0.25, -0.2) is 18.9 Å². The van der Waals surface area contributed by atoms with Crippen LogP contribution in [0, 0.1) is 5.82 Å². The van der Waals surface area contributed by atoms with Crippen LogP contribution in [0.3, 0.4) is 0 Å². The summed E-state index contributed by atoms with van der Waals surface area (Å²) in [7, 11) is 0. The van der Waals surface area contributed by atoms with Gasteiger partial charge in [-0.2, -0.15) is 5.10 Å². The molecule has 8 heteroatoms. The molecule has 1 fully saturated rings. The average Bonchev–Trinajstić information content (AvgIpc) is 3.31. The van der Waals surface area contributed by atoms with Crippen molar-refractivity contribution >= 4 is 18.1 Å². The van der Waals surface area contributed by atoms with Gasteiger partial charge in [0.2, 0.25) is 0 Å². The van der Waals surface area contributed by atoms with Gasteiger partial charge in [0, 0.05) is 11.1 Å². The van der Waals surface area contributed by atoms with Crippen LogP contribution in [0.1, 0.15) is 10.4 Å². The lowest BCUT2D eigenvalue weighted by Gasteiger charge is -2.14. The Kier molecular flexibility index (Phi) is 4.37. The number of ether oxygens (including phenoxy) is 1. The Balaban J connectivity index is 1.53. The molecule has 2 heterocycles. The highest BCUT2D eigenvalue weighted by Crippen LogP contribution is 2.29. The molecule has 0 bridgehead atoms. The number of nitrogens with zero attached hydrogens (tertiary/aromatic N) is 4. The molecule has 0 radical (unpaired) electrons. The smallest absolute Gasteiger partial charge is 0.414 e. The van der Waals surface area contributed by atoms with Crippen molar-refractivity contribution in [2.45, 2.75) is 12.6 Å². The van der Waals surface area contributed by atoms with E-state index >= 15 is 0 Å². The molecule has 27 heavy (non-hydrogen) atoms. The van der Waals surface area contributed by atoms with Gasteiger partial charge in [0.05, 0.1) is 18.8 Å². The minimum absolute atomic E-state index is 0.297. The van der Waals surface area contributed by atoms with E-state index in [2.05, 4.69) is 10.1 Å². The molecule has 1 aliphatic heterocycles. The van der Waals surface area contributed by atoms with Gasteiger partial charge in [-0.05, 0) is 23.8 Å². The maximum atomic E-state index is 14.6. The third-order valence-corrected chi connectivity index (χ3v) is 4.35. The van der Waals surface area contributed by atoms with E-state index in [0.717, 1.165) is 6.29 Å². The highest BCUT2D eigenvalue weighted by molar-refractivity contribution is 5.90. The first-order valence-corrected chi connectivity index (χ1v) is 8.30. The zero-order valence-electron chi connectivity index (χ0n) is 14.2. The number of carbonyl (C=O) groups excluding carboxylic acids is 2. The molecule has 7 nitrogen and oxygen atoms in total. The van der Waals surface area contributed by atoms with E-state index in [-0.39, 0.29) is 0 Å². The van der Waals surface area contributed by atoms with Gasteiger partial charge in [-0.1, -0.05) is 24.3 Å². The van der Waals surface area contributed by atoms with Crippen LogP contribution in [0.25, 0.3) is 11.1 Å². The number of halogens is 1. The van der Waals surface area contributed by atoms with Crippen molar-refractivity contribution < 1.29 is 18.7 Å². The van der Waals surface area contributed by atoms with E-state index in [1.807, 2.05) is 0 Å². The molecular weight excluding hydrogens is 351 g/mol. The summed E-state index contributed by atoms with van der Waals surface area (Å²) in [6.45, 7) is 0.678. The lowest BCUT2D eigenvalue weighted by Crippen LogP contribution is -2.26. The molecule has 3 aromatic rings. The third kappa shape index (κ3) is 3.41. The molecule has 136 valence electrons. The molecular formula is C19H15FN4O3. The van der Waals surface area contributed by atoms with Crippen molar-refractivity contribution in [2.24, 2.45) is 0 Å². The zero-order chi connectivity index (χ0) is 18.8. The number of rotatable bonds is 5. The van der Waals surface area contributed by atoms with Crippen molar-refractivity contribution in [3.05, 3.63) is 66.5 Å². The summed E-state index contributed by atoms with van der Waals surface area (Å²) >= 11 is 0. The Labute approximate surface area is 154 Å². The SMILES string of the molecule is O=Cc1ccc(-c2ccc(N3C[C@H](Cn4cncn4)OC3=O)cc2F)cc1. The van der Waals surface area contributed by atoms with Gasteiger partial charge in [-0.15, -0.1) is 0 Å². The van der Waals surface area contributed by atoms with Crippen LogP contribution in [-0.2, 0) is 11.3 Å². The number of aromatic nitrogens is 3. The number of amides is 1. The molecule has 2 aromatic carbocycles. The van der Waals surface area contributed by atoms with Gasteiger partial charge in [0.15, 0.2) is 0 Å². The summed E-state index contributed by atoms with van der Waals surface area (Å²) in [6.07, 6.45) is 2.77. The third-order valence-electron chi connectivity index (χ3n) is 4.35. The standard InChI is InChI=1S/C19H15FN4O3/c20-18-7-15(5-6-17(18)14-3-1-13(10-25)2-4-14)24-9-16(27-19(24)26)8-23-12-21-11-22-23/h1-7,10-12,16H,8-9H2/t16-/m0/s1. The van der Waals surface area contributed by atoms with Crippen LogP contribution in [0.4, 0.5) is 14.9 Å². The number of hydrogen-bond acceptors (Lipinski definition) is 5. The number of benzene rings is 2. The van der Waals surface area contributed by atoms with Gasteiger partial charge >= 0.3 is 6.09 Å². The highest BCUT2D eigenvalue weighted by atomic mass is 19.1. The molecule has 1 saturated heterocycles. The molecule has 1 amide bonds. The first-order valence-electron chi connectivity index (χ1n) is 8.30. The fourth-order valence-electron chi connectivity index (χ4n) is 3.01. The predicted octanol–water partition coefficient (Wildman–Crippen LogP) is 2.92. The lowest BCUT2D eigenvalue weighted by atomic mass is 10.0. The second kappa shape index (κ2) is 6.99. The van der Waals surface area contributed by atoms with Crippen LogP contribution >= 0.6 is 0 Å². The van der Waals surface area contributed by atoms with Gasteiger partial charge in [0.25, 0.3) is 0 Å². The summed E-state index contributed by atoms with van der Waals surface area (Å²) in [5.41, 5.74) is 1.99. The maximum absolute atomic E-state index is 14.6. The molecule has 0 spiro atoms. The van der Waals surface area contributed by atoms with Crippen molar-refractivity contribution in [1.82, 2.24) is 14.8 Å². The molecule has 0 aliphatic carbocycles. The van der Waals surface area contributed by atoms with Gasteiger partial charge in [-0.3, -0.25) is 9.69 Å². The van der Waals surface area contributed by atoms with E-state index in [1.165, 1.54) is 17.3 Å². The summed E-state index contributed by atoms with van der Waals surface area (Å²) in [5.74, 6) is -0.459. The minimum atomic E-state index is -0.525. The second-order valence-corrected chi connectivity index (χ2v) is 6.14. The molecule has 1 aromatic heterocycles. The average molecular weight is 366 g/mol. The maximum Gasteiger partial charge on any atom is 0.414 e. The fraction of sp³-hybridized carbons (Fsp3) is 0.158. The van der Waals surface area contributed by atoms with E-state index in [0.29, 0.717) is 35.5 Å². The number of cyclic esters (lactones) is 1. The Morgan fingerprint density at radius 2 is 2.04 bits per heavy atom. The topological polar surface area (TPSA) is 77.3 Å². The van der Waals surface area contributed by atoms with Crippen LogP contribution in [0.5, 0.6) is 0 Å². The van der Waals surface area contributed by atoms with E-state index in [4.69, 9.17) is 4.74 Å². The van der Waals surface area contributed by atoms with Gasteiger partial charge in [0.1, 0.15) is 30.9 Å². The molecule has 1 aliphatic rings. The minimum Gasteiger partial charge on any atom is -0.442 e. The first-order chi connectivity index (χ1) is 13.1. The van der Waals surface area contributed by atoms with Crippen LogP contribution in [0.2, 0.25) is 0 Å². The van der Waals surface area contributed by atoms with Crippen molar-refractivity contribution in [2.75, 3.05) is 11.4 Å². The van der Waals surface area contributed by atoms with Crippen molar-refractivity contribution in [3.8, 4) is 11.1 Å². The zero-order valence-corrected chi connectivity index (χ0v) is 14.2.